The molecule has 0 bridgehead atoms. The van der Waals surface area contributed by atoms with Gasteiger partial charge in [0.25, 0.3) is 11.3 Å². The molecule has 0 aliphatic rings. The summed E-state index contributed by atoms with van der Waals surface area (Å²) in [7, 11) is -1.28. The summed E-state index contributed by atoms with van der Waals surface area (Å²) in [5.41, 5.74) is 1.08. The molecule has 0 fully saturated rings. The van der Waals surface area contributed by atoms with Crippen LogP contribution in [0.15, 0.2) is 71.7 Å². The van der Waals surface area contributed by atoms with Crippen molar-refractivity contribution in [3.8, 4) is 5.75 Å². The van der Waals surface area contributed by atoms with Gasteiger partial charge in [-0.05, 0) is 37.4 Å². The molecule has 1 amide bonds. The topological polar surface area (TPSA) is 93.9 Å². The summed E-state index contributed by atoms with van der Waals surface area (Å²) in [6.45, 7) is 13.7. The van der Waals surface area contributed by atoms with Crippen LogP contribution in [0.3, 0.4) is 0 Å². The number of hydrogen-bond acceptors (Lipinski definition) is 6. The molecule has 0 saturated carbocycles. The molecule has 9 heteroatoms. The van der Waals surface area contributed by atoms with Gasteiger partial charge in [-0.25, -0.2) is 4.68 Å². The summed E-state index contributed by atoms with van der Waals surface area (Å²) in [6.07, 6.45) is 2.27. The largest absolute Gasteiger partial charge is 0.488 e. The standard InChI is InChI=1S/C33H47N3O5Si/c1-7-8-19-41-29-23-35(24-40-20-21-42(4,5)6)34-31(32(29)38)33(39)36(25(2)3)22-28(37)30(26-15-11-9-12-16-26)27-17-13-10-14-18-27/h9-18,23,25,28,30,37H,7-8,19-22,24H2,1-6H3/t28-/m0/s1. The Balaban J connectivity index is 1.92. The van der Waals surface area contributed by atoms with E-state index < -0.39 is 25.5 Å². The molecule has 1 aromatic heterocycles. The molecule has 0 saturated heterocycles. The summed E-state index contributed by atoms with van der Waals surface area (Å²) in [6, 6.07) is 20.2. The number of aliphatic hydroxyl groups is 1. The lowest BCUT2D eigenvalue weighted by atomic mass is 9.86. The molecule has 0 aliphatic heterocycles. The maximum Gasteiger partial charge on any atom is 0.278 e. The first-order valence-corrected chi connectivity index (χ1v) is 18.6. The number of carbonyl (C=O) groups excluding carboxylic acids is 1. The molecule has 42 heavy (non-hydrogen) atoms. The zero-order chi connectivity index (χ0) is 30.7. The first-order chi connectivity index (χ1) is 20.0. The summed E-state index contributed by atoms with van der Waals surface area (Å²) >= 11 is 0. The number of nitrogens with zero attached hydrogens (tertiary/aromatic N) is 3. The summed E-state index contributed by atoms with van der Waals surface area (Å²) in [5, 5.41) is 16.0. The van der Waals surface area contributed by atoms with Gasteiger partial charge in [0.15, 0.2) is 11.4 Å². The van der Waals surface area contributed by atoms with Crippen molar-refractivity contribution in [1.29, 1.82) is 0 Å². The van der Waals surface area contributed by atoms with Gasteiger partial charge in [0.05, 0.1) is 18.9 Å². The summed E-state index contributed by atoms with van der Waals surface area (Å²) in [4.78, 5) is 29.0. The third-order valence-electron chi connectivity index (χ3n) is 7.08. The molecule has 3 aromatic rings. The van der Waals surface area contributed by atoms with Crippen LogP contribution in [0.1, 0.15) is 61.1 Å². The highest BCUT2D eigenvalue weighted by Gasteiger charge is 2.31. The van der Waals surface area contributed by atoms with Crippen LogP contribution in [-0.4, -0.2) is 65.7 Å². The van der Waals surface area contributed by atoms with Gasteiger partial charge in [-0.2, -0.15) is 5.10 Å². The van der Waals surface area contributed by atoms with Crippen molar-refractivity contribution >= 4 is 14.0 Å². The lowest BCUT2D eigenvalue weighted by Crippen LogP contribution is -2.46. The van der Waals surface area contributed by atoms with Crippen molar-refractivity contribution in [3.63, 3.8) is 0 Å². The van der Waals surface area contributed by atoms with E-state index in [-0.39, 0.29) is 36.7 Å². The van der Waals surface area contributed by atoms with Crippen molar-refractivity contribution in [1.82, 2.24) is 14.7 Å². The van der Waals surface area contributed by atoms with Crippen molar-refractivity contribution in [3.05, 3.63) is 93.9 Å². The second kappa shape index (κ2) is 15.8. The van der Waals surface area contributed by atoms with Gasteiger partial charge in [-0.15, -0.1) is 0 Å². The first-order valence-electron chi connectivity index (χ1n) is 14.9. The molecule has 0 spiro atoms. The molecule has 0 aliphatic carbocycles. The maximum atomic E-state index is 14.0. The lowest BCUT2D eigenvalue weighted by Gasteiger charge is -2.32. The van der Waals surface area contributed by atoms with Crippen LogP contribution in [0.25, 0.3) is 0 Å². The molecule has 8 nitrogen and oxygen atoms in total. The Hall–Kier alpha value is -3.27. The predicted molar refractivity (Wildman–Crippen MR) is 170 cm³/mol. The Morgan fingerprint density at radius 2 is 1.60 bits per heavy atom. The minimum absolute atomic E-state index is 0.0136. The van der Waals surface area contributed by atoms with Crippen LogP contribution < -0.4 is 10.2 Å². The Bertz CT molecular complexity index is 1270. The van der Waals surface area contributed by atoms with E-state index in [0.717, 1.165) is 30.0 Å². The summed E-state index contributed by atoms with van der Waals surface area (Å²) < 4.78 is 13.1. The first kappa shape index (κ1) is 33.2. The Morgan fingerprint density at radius 1 is 1.00 bits per heavy atom. The number of aliphatic hydroxyl groups excluding tert-OH is 1. The monoisotopic (exact) mass is 593 g/mol. The molecular weight excluding hydrogens is 546 g/mol. The van der Waals surface area contributed by atoms with E-state index in [1.165, 1.54) is 15.8 Å². The van der Waals surface area contributed by atoms with Gasteiger partial charge in [-0.1, -0.05) is 93.6 Å². The molecule has 0 radical (unpaired) electrons. The molecule has 2 aromatic carbocycles. The number of rotatable bonds is 16. The number of carbonyl (C=O) groups is 1. The third kappa shape index (κ3) is 9.64. The van der Waals surface area contributed by atoms with Crippen LogP contribution >= 0.6 is 0 Å². The highest BCUT2D eigenvalue weighted by Crippen LogP contribution is 2.29. The fourth-order valence-corrected chi connectivity index (χ4v) is 5.37. The zero-order valence-electron chi connectivity index (χ0n) is 26.0. The van der Waals surface area contributed by atoms with Crippen LogP contribution in [0.2, 0.25) is 25.7 Å². The predicted octanol–water partition coefficient (Wildman–Crippen LogP) is 5.78. The Kier molecular flexibility index (Phi) is 12.5. The number of hydrogen-bond donors (Lipinski definition) is 1. The van der Waals surface area contributed by atoms with Crippen molar-refractivity contribution < 1.29 is 19.4 Å². The third-order valence-corrected chi connectivity index (χ3v) is 8.79. The average molecular weight is 594 g/mol. The zero-order valence-corrected chi connectivity index (χ0v) is 27.0. The van der Waals surface area contributed by atoms with Gasteiger partial charge < -0.3 is 19.5 Å². The molecule has 1 atom stereocenters. The number of amides is 1. The van der Waals surface area contributed by atoms with Crippen LogP contribution in [-0.2, 0) is 11.5 Å². The average Bonchev–Trinajstić information content (AvgIpc) is 2.96. The molecule has 3 rings (SSSR count). The number of unbranched alkanes of at least 4 members (excludes halogenated alkanes) is 1. The number of aromatic nitrogens is 2. The van der Waals surface area contributed by atoms with Crippen molar-refractivity contribution in [2.24, 2.45) is 0 Å². The number of ether oxygens (including phenoxy) is 2. The Morgan fingerprint density at radius 3 is 2.12 bits per heavy atom. The number of benzene rings is 2. The smallest absolute Gasteiger partial charge is 0.278 e. The fourth-order valence-electron chi connectivity index (χ4n) is 4.61. The van der Waals surface area contributed by atoms with E-state index in [0.29, 0.717) is 13.2 Å². The van der Waals surface area contributed by atoms with Crippen LogP contribution in [0.4, 0.5) is 0 Å². The van der Waals surface area contributed by atoms with E-state index in [1.807, 2.05) is 81.4 Å². The Labute approximate surface area is 251 Å². The quantitative estimate of drug-likeness (QED) is 0.167. The summed E-state index contributed by atoms with van der Waals surface area (Å²) in [5.74, 6) is -0.841. The SMILES string of the molecule is CCCCOc1cn(COCC[Si](C)(C)C)nc(C(=O)N(C[C@H](O)C(c2ccccc2)c2ccccc2)C(C)C)c1=O. The second-order valence-electron chi connectivity index (χ2n) is 12.2. The van der Waals surface area contributed by atoms with E-state index in [1.54, 1.807) is 0 Å². The van der Waals surface area contributed by atoms with Gasteiger partial charge in [0.1, 0.15) is 6.73 Å². The second-order valence-corrected chi connectivity index (χ2v) is 17.8. The fraction of sp³-hybridized carbons (Fsp3) is 0.485. The minimum Gasteiger partial charge on any atom is -0.488 e. The van der Waals surface area contributed by atoms with Crippen LogP contribution in [0, 0.1) is 0 Å². The van der Waals surface area contributed by atoms with Gasteiger partial charge >= 0.3 is 0 Å². The van der Waals surface area contributed by atoms with E-state index in [4.69, 9.17) is 9.47 Å². The van der Waals surface area contributed by atoms with Gasteiger partial charge in [-0.3, -0.25) is 9.59 Å². The highest BCUT2D eigenvalue weighted by atomic mass is 28.3. The van der Waals surface area contributed by atoms with E-state index in [9.17, 15) is 14.7 Å². The highest BCUT2D eigenvalue weighted by molar-refractivity contribution is 6.76. The van der Waals surface area contributed by atoms with Crippen molar-refractivity contribution in [2.75, 3.05) is 19.8 Å². The minimum atomic E-state index is -1.28. The van der Waals surface area contributed by atoms with Gasteiger partial charge in [0.2, 0.25) is 0 Å². The van der Waals surface area contributed by atoms with E-state index in [2.05, 4.69) is 24.7 Å². The molecule has 1 heterocycles. The van der Waals surface area contributed by atoms with Crippen LogP contribution in [0.5, 0.6) is 5.75 Å². The molecular formula is C33H47N3O5Si. The van der Waals surface area contributed by atoms with Gasteiger partial charge in [0, 0.05) is 33.2 Å². The molecule has 0 unspecified atom stereocenters. The lowest BCUT2D eigenvalue weighted by molar-refractivity contribution is 0.0498. The van der Waals surface area contributed by atoms with E-state index >= 15 is 0 Å². The molecule has 228 valence electrons. The maximum absolute atomic E-state index is 14.0. The van der Waals surface area contributed by atoms with Crippen molar-refractivity contribution in [2.45, 2.75) is 84.1 Å². The molecule has 1 N–H and O–H groups in total. The normalized spacial score (nSPS) is 12.5.